The van der Waals surface area contributed by atoms with E-state index in [-0.39, 0.29) is 16.6 Å². The summed E-state index contributed by atoms with van der Waals surface area (Å²) >= 11 is 5.92. The van der Waals surface area contributed by atoms with E-state index < -0.39 is 6.36 Å². The van der Waals surface area contributed by atoms with Crippen LogP contribution in [-0.2, 0) is 0 Å². The van der Waals surface area contributed by atoms with Crippen molar-refractivity contribution in [2.75, 3.05) is 17.7 Å². The Morgan fingerprint density at radius 1 is 1.29 bits per heavy atom. The van der Waals surface area contributed by atoms with Crippen molar-refractivity contribution < 1.29 is 17.9 Å². The van der Waals surface area contributed by atoms with E-state index >= 15 is 0 Å². The van der Waals surface area contributed by atoms with Crippen LogP contribution in [0.3, 0.4) is 0 Å². The Bertz CT molecular complexity index is 636. The number of alkyl halides is 3. The maximum Gasteiger partial charge on any atom is 0.573 e. The SMILES string of the molecule is CNc1ncc(Cl)c(Nc2cccc(OC(F)(F)F)c2)n1. The topological polar surface area (TPSA) is 59.1 Å². The first kappa shape index (κ1) is 15.2. The summed E-state index contributed by atoms with van der Waals surface area (Å²) in [6.45, 7) is 0. The van der Waals surface area contributed by atoms with Crippen LogP contribution in [0.1, 0.15) is 0 Å². The van der Waals surface area contributed by atoms with Crippen molar-refractivity contribution in [2.24, 2.45) is 0 Å². The largest absolute Gasteiger partial charge is 0.573 e. The van der Waals surface area contributed by atoms with Gasteiger partial charge in [0.05, 0.1) is 6.20 Å². The van der Waals surface area contributed by atoms with E-state index in [4.69, 9.17) is 11.6 Å². The van der Waals surface area contributed by atoms with E-state index in [9.17, 15) is 13.2 Å². The molecule has 5 nitrogen and oxygen atoms in total. The van der Waals surface area contributed by atoms with Crippen molar-refractivity contribution in [2.45, 2.75) is 6.36 Å². The number of hydrogen-bond donors (Lipinski definition) is 2. The number of aromatic nitrogens is 2. The Morgan fingerprint density at radius 3 is 2.71 bits per heavy atom. The molecule has 1 aromatic heterocycles. The number of nitrogens with zero attached hydrogens (tertiary/aromatic N) is 2. The van der Waals surface area contributed by atoms with Crippen LogP contribution in [0.25, 0.3) is 0 Å². The summed E-state index contributed by atoms with van der Waals surface area (Å²) in [7, 11) is 1.63. The number of benzene rings is 1. The molecule has 0 radical (unpaired) electrons. The van der Waals surface area contributed by atoms with Gasteiger partial charge in [-0.25, -0.2) is 4.98 Å². The lowest BCUT2D eigenvalue weighted by Crippen LogP contribution is -2.17. The quantitative estimate of drug-likeness (QED) is 0.897. The molecule has 9 heteroatoms. The molecule has 0 saturated heterocycles. The van der Waals surface area contributed by atoms with Crippen LogP contribution in [-0.4, -0.2) is 23.4 Å². The lowest BCUT2D eigenvalue weighted by atomic mass is 10.3. The zero-order chi connectivity index (χ0) is 15.5. The minimum absolute atomic E-state index is 0.233. The normalized spacial score (nSPS) is 11.1. The number of anilines is 3. The second-order valence-corrected chi connectivity index (χ2v) is 4.25. The van der Waals surface area contributed by atoms with Gasteiger partial charge in [-0.2, -0.15) is 4.98 Å². The number of hydrogen-bond acceptors (Lipinski definition) is 5. The van der Waals surface area contributed by atoms with Crippen molar-refractivity contribution in [3.05, 3.63) is 35.5 Å². The summed E-state index contributed by atoms with van der Waals surface area (Å²) in [5.74, 6) is 0.247. The Hall–Kier alpha value is -2.22. The van der Waals surface area contributed by atoms with Crippen molar-refractivity contribution in [1.82, 2.24) is 9.97 Å². The lowest BCUT2D eigenvalue weighted by molar-refractivity contribution is -0.274. The van der Waals surface area contributed by atoms with Gasteiger partial charge in [0, 0.05) is 18.8 Å². The highest BCUT2D eigenvalue weighted by Gasteiger charge is 2.31. The average Bonchev–Trinajstić information content (AvgIpc) is 2.40. The first-order valence-electron chi connectivity index (χ1n) is 5.70. The minimum atomic E-state index is -4.75. The first-order valence-corrected chi connectivity index (χ1v) is 6.08. The molecule has 2 N–H and O–H groups in total. The molecule has 0 fully saturated rings. The van der Waals surface area contributed by atoms with E-state index in [1.165, 1.54) is 24.4 Å². The molecule has 112 valence electrons. The Kier molecular flexibility index (Phi) is 4.37. The highest BCUT2D eigenvalue weighted by molar-refractivity contribution is 6.32. The van der Waals surface area contributed by atoms with Gasteiger partial charge in [-0.15, -0.1) is 13.2 Å². The third-order valence-electron chi connectivity index (χ3n) is 2.30. The third kappa shape index (κ3) is 4.38. The summed E-state index contributed by atoms with van der Waals surface area (Å²) in [6.07, 6.45) is -3.37. The standard InChI is InChI=1S/C12H10ClF3N4O/c1-17-11-18-6-9(13)10(20-11)19-7-3-2-4-8(5-7)21-12(14,15)16/h2-6H,1H3,(H2,17,18,19,20). The van der Waals surface area contributed by atoms with Crippen molar-refractivity contribution in [1.29, 1.82) is 0 Å². The molecular weight excluding hydrogens is 309 g/mol. The van der Waals surface area contributed by atoms with Crippen LogP contribution in [0.2, 0.25) is 5.02 Å². The summed E-state index contributed by atoms with van der Waals surface area (Å²) in [5.41, 5.74) is 0.347. The van der Waals surface area contributed by atoms with E-state index in [2.05, 4.69) is 25.3 Å². The van der Waals surface area contributed by atoms with Crippen molar-refractivity contribution >= 4 is 29.1 Å². The third-order valence-corrected chi connectivity index (χ3v) is 2.57. The summed E-state index contributed by atoms with van der Waals surface area (Å²) in [6, 6.07) is 5.35. The molecule has 21 heavy (non-hydrogen) atoms. The maximum atomic E-state index is 12.2. The van der Waals surface area contributed by atoms with E-state index in [1.54, 1.807) is 13.1 Å². The molecule has 0 aliphatic heterocycles. The van der Waals surface area contributed by atoms with Gasteiger partial charge in [-0.3, -0.25) is 0 Å². The molecule has 1 heterocycles. The smallest absolute Gasteiger partial charge is 0.406 e. The fourth-order valence-corrected chi connectivity index (χ4v) is 1.62. The van der Waals surface area contributed by atoms with Gasteiger partial charge in [0.1, 0.15) is 10.8 Å². The molecule has 0 amide bonds. The molecule has 0 aliphatic carbocycles. The van der Waals surface area contributed by atoms with Crippen LogP contribution in [0.15, 0.2) is 30.5 Å². The van der Waals surface area contributed by atoms with E-state index in [0.29, 0.717) is 11.6 Å². The van der Waals surface area contributed by atoms with Crippen molar-refractivity contribution in [3.8, 4) is 5.75 Å². The summed E-state index contributed by atoms with van der Waals surface area (Å²) < 4.78 is 40.3. The highest BCUT2D eigenvalue weighted by Crippen LogP contribution is 2.28. The van der Waals surface area contributed by atoms with Gasteiger partial charge >= 0.3 is 6.36 Å². The molecule has 0 spiro atoms. The molecule has 2 aromatic rings. The van der Waals surface area contributed by atoms with Gasteiger partial charge in [-0.1, -0.05) is 17.7 Å². The van der Waals surface area contributed by atoms with E-state index in [1.807, 2.05) is 0 Å². The molecule has 0 aliphatic rings. The van der Waals surface area contributed by atoms with Gasteiger partial charge < -0.3 is 15.4 Å². The predicted molar refractivity (Wildman–Crippen MR) is 73.0 cm³/mol. The molecular formula is C12H10ClF3N4O. The van der Waals surface area contributed by atoms with Crippen LogP contribution in [0.5, 0.6) is 5.75 Å². The predicted octanol–water partition coefficient (Wildman–Crippen LogP) is 3.81. The first-order chi connectivity index (χ1) is 9.87. The summed E-state index contributed by atoms with van der Waals surface area (Å²) in [5, 5.41) is 5.76. The Morgan fingerprint density at radius 2 is 2.05 bits per heavy atom. The van der Waals surface area contributed by atoms with Gasteiger partial charge in [0.15, 0.2) is 5.82 Å². The second-order valence-electron chi connectivity index (χ2n) is 3.84. The highest BCUT2D eigenvalue weighted by atomic mass is 35.5. The fourth-order valence-electron chi connectivity index (χ4n) is 1.48. The Labute approximate surface area is 123 Å². The average molecular weight is 319 g/mol. The maximum absolute atomic E-state index is 12.2. The molecule has 0 unspecified atom stereocenters. The van der Waals surface area contributed by atoms with Crippen LogP contribution in [0, 0.1) is 0 Å². The minimum Gasteiger partial charge on any atom is -0.406 e. The van der Waals surface area contributed by atoms with Gasteiger partial charge in [0.25, 0.3) is 0 Å². The van der Waals surface area contributed by atoms with E-state index in [0.717, 1.165) is 0 Å². The van der Waals surface area contributed by atoms with Crippen LogP contribution < -0.4 is 15.4 Å². The Balaban J connectivity index is 2.22. The molecule has 1 aromatic carbocycles. The number of nitrogens with one attached hydrogen (secondary N) is 2. The van der Waals surface area contributed by atoms with Crippen molar-refractivity contribution in [3.63, 3.8) is 0 Å². The second kappa shape index (κ2) is 6.04. The fraction of sp³-hybridized carbons (Fsp3) is 0.167. The monoisotopic (exact) mass is 318 g/mol. The lowest BCUT2D eigenvalue weighted by Gasteiger charge is -2.12. The summed E-state index contributed by atoms with van der Waals surface area (Å²) in [4.78, 5) is 7.96. The van der Waals surface area contributed by atoms with Crippen LogP contribution in [0.4, 0.5) is 30.6 Å². The zero-order valence-corrected chi connectivity index (χ0v) is 11.5. The number of ether oxygens (including phenoxy) is 1. The number of halogens is 4. The van der Waals surface area contributed by atoms with Gasteiger partial charge in [-0.05, 0) is 12.1 Å². The molecule has 2 rings (SSSR count). The molecule has 0 bridgehead atoms. The van der Waals surface area contributed by atoms with Crippen LogP contribution >= 0.6 is 11.6 Å². The molecule has 0 saturated carbocycles. The molecule has 0 atom stereocenters. The number of rotatable bonds is 4. The van der Waals surface area contributed by atoms with Gasteiger partial charge in [0.2, 0.25) is 5.95 Å². The zero-order valence-electron chi connectivity index (χ0n) is 10.7.